The molecule has 0 aliphatic carbocycles. The maximum atomic E-state index is 10.0. The fourth-order valence-corrected chi connectivity index (χ4v) is 4.96. The standard InChI is InChI=1S/C27H48O6/c1-4-5-6-10-13-16-27(30-20-21-31-27)17-14-11-8-7-9-12-15-24-22-32-25(2,3)33-26(24,23-29)18-19-28/h4,12,15,24,28-29H,1,5-11,13-14,16-23H2,2-3H3/b15-12+/t24-,26-/m1/s1. The van der Waals surface area contributed by atoms with Gasteiger partial charge in [0.2, 0.25) is 0 Å². The van der Waals surface area contributed by atoms with Crippen molar-refractivity contribution in [3.8, 4) is 0 Å². The molecule has 0 unspecified atom stereocenters. The van der Waals surface area contributed by atoms with E-state index in [4.69, 9.17) is 18.9 Å². The van der Waals surface area contributed by atoms with Crippen molar-refractivity contribution in [2.24, 2.45) is 5.92 Å². The first kappa shape index (κ1) is 28.5. The Balaban J connectivity index is 1.66. The summed E-state index contributed by atoms with van der Waals surface area (Å²) in [6.07, 6.45) is 18.9. The van der Waals surface area contributed by atoms with Crippen LogP contribution in [0.1, 0.15) is 90.9 Å². The largest absolute Gasteiger partial charge is 0.396 e. The predicted octanol–water partition coefficient (Wildman–Crippen LogP) is 5.28. The van der Waals surface area contributed by atoms with E-state index in [1.54, 1.807) is 0 Å². The van der Waals surface area contributed by atoms with E-state index >= 15 is 0 Å². The van der Waals surface area contributed by atoms with Crippen LogP contribution < -0.4 is 0 Å². The molecule has 0 aromatic heterocycles. The van der Waals surface area contributed by atoms with Crippen molar-refractivity contribution in [2.75, 3.05) is 33.0 Å². The second kappa shape index (κ2) is 14.6. The summed E-state index contributed by atoms with van der Waals surface area (Å²) < 4.78 is 23.9. The van der Waals surface area contributed by atoms with E-state index in [1.807, 2.05) is 19.9 Å². The number of allylic oxidation sites excluding steroid dienone is 2. The quantitative estimate of drug-likeness (QED) is 0.224. The van der Waals surface area contributed by atoms with Gasteiger partial charge in [0.05, 0.1) is 26.4 Å². The van der Waals surface area contributed by atoms with Crippen LogP contribution in [-0.2, 0) is 18.9 Å². The Hall–Kier alpha value is -0.760. The Morgan fingerprint density at radius 1 is 0.848 bits per heavy atom. The molecule has 0 aromatic carbocycles. The van der Waals surface area contributed by atoms with Gasteiger partial charge in [-0.1, -0.05) is 37.5 Å². The molecule has 2 saturated heterocycles. The minimum Gasteiger partial charge on any atom is -0.396 e. The van der Waals surface area contributed by atoms with Gasteiger partial charge in [-0.25, -0.2) is 0 Å². The van der Waals surface area contributed by atoms with E-state index in [9.17, 15) is 10.2 Å². The molecule has 0 amide bonds. The molecule has 2 aliphatic rings. The van der Waals surface area contributed by atoms with Crippen molar-refractivity contribution in [1.82, 2.24) is 0 Å². The molecule has 2 N–H and O–H groups in total. The van der Waals surface area contributed by atoms with Crippen LogP contribution in [0.5, 0.6) is 0 Å². The topological polar surface area (TPSA) is 77.4 Å². The van der Waals surface area contributed by atoms with Gasteiger partial charge < -0.3 is 29.2 Å². The van der Waals surface area contributed by atoms with Gasteiger partial charge in [-0.2, -0.15) is 0 Å². The maximum absolute atomic E-state index is 10.0. The molecular weight excluding hydrogens is 420 g/mol. The summed E-state index contributed by atoms with van der Waals surface area (Å²) in [7, 11) is 0. The maximum Gasteiger partial charge on any atom is 0.168 e. The predicted molar refractivity (Wildman–Crippen MR) is 131 cm³/mol. The highest BCUT2D eigenvalue weighted by Crippen LogP contribution is 2.38. The zero-order chi connectivity index (χ0) is 24.0. The number of aliphatic hydroxyl groups excluding tert-OH is 2. The Kier molecular flexibility index (Phi) is 12.6. The van der Waals surface area contributed by atoms with Gasteiger partial charge in [-0.05, 0) is 52.4 Å². The minimum atomic E-state index is -0.783. The number of unbranched alkanes of at least 4 members (excludes halogenated alkanes) is 7. The van der Waals surface area contributed by atoms with Crippen LogP contribution in [0.4, 0.5) is 0 Å². The normalized spacial score (nSPS) is 26.7. The van der Waals surface area contributed by atoms with Crippen molar-refractivity contribution in [3.05, 3.63) is 24.8 Å². The molecule has 33 heavy (non-hydrogen) atoms. The number of hydrogen-bond acceptors (Lipinski definition) is 6. The van der Waals surface area contributed by atoms with Gasteiger partial charge >= 0.3 is 0 Å². The molecular formula is C27H48O6. The molecule has 2 atom stereocenters. The second-order valence-corrected chi connectivity index (χ2v) is 9.99. The zero-order valence-corrected chi connectivity index (χ0v) is 21.1. The number of ether oxygens (including phenoxy) is 4. The minimum absolute atomic E-state index is 0.0231. The van der Waals surface area contributed by atoms with Crippen LogP contribution >= 0.6 is 0 Å². The van der Waals surface area contributed by atoms with Gasteiger partial charge in [0.15, 0.2) is 11.6 Å². The molecule has 192 valence electrons. The summed E-state index contributed by atoms with van der Waals surface area (Å²) in [5.41, 5.74) is -0.783. The average molecular weight is 469 g/mol. The fraction of sp³-hybridized carbons (Fsp3) is 0.852. The lowest BCUT2D eigenvalue weighted by molar-refractivity contribution is -0.334. The molecule has 2 aliphatic heterocycles. The van der Waals surface area contributed by atoms with E-state index in [1.165, 1.54) is 25.7 Å². The third-order valence-corrected chi connectivity index (χ3v) is 6.86. The van der Waals surface area contributed by atoms with Crippen LogP contribution in [0.15, 0.2) is 24.8 Å². The van der Waals surface area contributed by atoms with E-state index < -0.39 is 11.4 Å². The lowest BCUT2D eigenvalue weighted by Crippen LogP contribution is -2.57. The van der Waals surface area contributed by atoms with E-state index in [-0.39, 0.29) is 24.9 Å². The van der Waals surface area contributed by atoms with E-state index in [0.717, 1.165) is 58.2 Å². The summed E-state index contributed by atoms with van der Waals surface area (Å²) in [5.74, 6) is -1.16. The molecule has 0 radical (unpaired) electrons. The zero-order valence-electron chi connectivity index (χ0n) is 21.1. The summed E-state index contributed by atoms with van der Waals surface area (Å²) >= 11 is 0. The van der Waals surface area contributed by atoms with Crippen LogP contribution in [0.25, 0.3) is 0 Å². The van der Waals surface area contributed by atoms with Gasteiger partial charge in [-0.3, -0.25) is 0 Å². The highest BCUT2D eigenvalue weighted by Gasteiger charge is 2.47. The summed E-state index contributed by atoms with van der Waals surface area (Å²) in [6.45, 7) is 9.26. The highest BCUT2D eigenvalue weighted by atomic mass is 16.7. The molecule has 2 fully saturated rings. The molecule has 0 saturated carbocycles. The van der Waals surface area contributed by atoms with Gasteiger partial charge in [0, 0.05) is 31.8 Å². The average Bonchev–Trinajstić information content (AvgIpc) is 3.25. The molecule has 6 heteroatoms. The van der Waals surface area contributed by atoms with Crippen LogP contribution in [0, 0.1) is 5.92 Å². The number of aliphatic hydroxyl groups is 2. The first-order valence-electron chi connectivity index (χ1n) is 13.0. The number of rotatable bonds is 17. The first-order chi connectivity index (χ1) is 15.9. The Bertz CT molecular complexity index is 569. The van der Waals surface area contributed by atoms with Crippen molar-refractivity contribution in [1.29, 1.82) is 0 Å². The van der Waals surface area contributed by atoms with Crippen LogP contribution in [-0.4, -0.2) is 60.4 Å². The van der Waals surface area contributed by atoms with E-state index in [2.05, 4.69) is 18.7 Å². The van der Waals surface area contributed by atoms with Crippen molar-refractivity contribution in [2.45, 2.75) is 108 Å². The SMILES string of the molecule is C=CCCCCCC1(CCCCCC/C=C/[C@@H]2COC(C)(C)O[C@@]2(CO)CCO)OCCO1. The summed E-state index contributed by atoms with van der Waals surface area (Å²) in [4.78, 5) is 0. The summed E-state index contributed by atoms with van der Waals surface area (Å²) in [6, 6.07) is 0. The van der Waals surface area contributed by atoms with Crippen molar-refractivity contribution in [3.63, 3.8) is 0 Å². The molecule has 0 bridgehead atoms. The first-order valence-corrected chi connectivity index (χ1v) is 13.0. The van der Waals surface area contributed by atoms with Crippen molar-refractivity contribution >= 4 is 0 Å². The van der Waals surface area contributed by atoms with Gasteiger partial charge in [-0.15, -0.1) is 6.58 Å². The van der Waals surface area contributed by atoms with Gasteiger partial charge in [0.25, 0.3) is 0 Å². The summed E-state index contributed by atoms with van der Waals surface area (Å²) in [5, 5.41) is 19.5. The fourth-order valence-electron chi connectivity index (χ4n) is 4.96. The van der Waals surface area contributed by atoms with Crippen LogP contribution in [0.2, 0.25) is 0 Å². The smallest absolute Gasteiger partial charge is 0.168 e. The lowest BCUT2D eigenvalue weighted by atomic mass is 9.83. The molecule has 0 spiro atoms. The van der Waals surface area contributed by atoms with E-state index in [0.29, 0.717) is 13.0 Å². The molecule has 2 heterocycles. The van der Waals surface area contributed by atoms with Gasteiger partial charge in [0.1, 0.15) is 5.60 Å². The Morgan fingerprint density at radius 3 is 2.12 bits per heavy atom. The Labute approximate surface area is 201 Å². The number of hydrogen-bond donors (Lipinski definition) is 2. The second-order valence-electron chi connectivity index (χ2n) is 9.99. The van der Waals surface area contributed by atoms with Crippen molar-refractivity contribution < 1.29 is 29.2 Å². The lowest BCUT2D eigenvalue weighted by Gasteiger charge is -2.48. The molecule has 2 rings (SSSR count). The monoisotopic (exact) mass is 468 g/mol. The van der Waals surface area contributed by atoms with Crippen LogP contribution in [0.3, 0.4) is 0 Å². The molecule has 0 aromatic rings. The highest BCUT2D eigenvalue weighted by molar-refractivity contribution is 5.03. The Morgan fingerprint density at radius 2 is 1.48 bits per heavy atom. The third kappa shape index (κ3) is 9.42. The molecule has 6 nitrogen and oxygen atoms in total. The third-order valence-electron chi connectivity index (χ3n) is 6.86.